The SMILES string of the molecule is CCCCCNC(=O)c1cncc(C#CCO)c1. The zero-order valence-electron chi connectivity index (χ0n) is 10.6. The molecule has 2 N–H and O–H groups in total. The first-order chi connectivity index (χ1) is 8.77. The topological polar surface area (TPSA) is 62.2 Å². The lowest BCUT2D eigenvalue weighted by atomic mass is 10.2. The number of carbonyl (C=O) groups excluding carboxylic acids is 1. The summed E-state index contributed by atoms with van der Waals surface area (Å²) >= 11 is 0. The minimum absolute atomic E-state index is 0.133. The largest absolute Gasteiger partial charge is 0.384 e. The van der Waals surface area contributed by atoms with E-state index < -0.39 is 0 Å². The number of aromatic nitrogens is 1. The molecule has 4 nitrogen and oxygen atoms in total. The van der Waals surface area contributed by atoms with E-state index in [1.54, 1.807) is 12.3 Å². The van der Waals surface area contributed by atoms with Crippen LogP contribution >= 0.6 is 0 Å². The van der Waals surface area contributed by atoms with E-state index in [-0.39, 0.29) is 12.5 Å². The van der Waals surface area contributed by atoms with Gasteiger partial charge in [0, 0.05) is 24.5 Å². The monoisotopic (exact) mass is 246 g/mol. The van der Waals surface area contributed by atoms with E-state index >= 15 is 0 Å². The number of aliphatic hydroxyl groups excluding tert-OH is 1. The first-order valence-electron chi connectivity index (χ1n) is 6.11. The number of nitrogens with one attached hydrogen (secondary N) is 1. The average molecular weight is 246 g/mol. The van der Waals surface area contributed by atoms with Gasteiger partial charge in [0.15, 0.2) is 0 Å². The quantitative estimate of drug-likeness (QED) is 0.609. The molecular weight excluding hydrogens is 228 g/mol. The van der Waals surface area contributed by atoms with Crippen molar-refractivity contribution in [1.29, 1.82) is 0 Å². The number of hydrogen-bond acceptors (Lipinski definition) is 3. The Bertz CT molecular complexity index is 447. The first kappa shape index (κ1) is 14.2. The van der Waals surface area contributed by atoms with Gasteiger partial charge in [0.2, 0.25) is 0 Å². The number of unbranched alkanes of at least 4 members (excludes halogenated alkanes) is 2. The fraction of sp³-hybridized carbons (Fsp3) is 0.429. The van der Waals surface area contributed by atoms with Crippen molar-refractivity contribution < 1.29 is 9.90 Å². The molecule has 0 bridgehead atoms. The fourth-order valence-corrected chi connectivity index (χ4v) is 1.45. The zero-order valence-corrected chi connectivity index (χ0v) is 10.6. The first-order valence-corrected chi connectivity index (χ1v) is 6.11. The average Bonchev–Trinajstić information content (AvgIpc) is 2.41. The van der Waals surface area contributed by atoms with Gasteiger partial charge in [0.25, 0.3) is 5.91 Å². The van der Waals surface area contributed by atoms with Gasteiger partial charge >= 0.3 is 0 Å². The molecule has 0 aliphatic carbocycles. The standard InChI is InChI=1S/C14H18N2O2/c1-2-3-4-7-16-14(18)13-9-12(6-5-8-17)10-15-11-13/h9-11,17H,2-4,7-8H2,1H3,(H,16,18). The van der Waals surface area contributed by atoms with Crippen LogP contribution in [0.2, 0.25) is 0 Å². The van der Waals surface area contributed by atoms with Crippen LogP contribution in [0.3, 0.4) is 0 Å². The Labute approximate surface area is 107 Å². The van der Waals surface area contributed by atoms with Crippen LogP contribution in [-0.2, 0) is 0 Å². The normalized spacial score (nSPS) is 9.44. The Morgan fingerprint density at radius 2 is 2.28 bits per heavy atom. The highest BCUT2D eigenvalue weighted by molar-refractivity contribution is 5.94. The van der Waals surface area contributed by atoms with E-state index in [4.69, 9.17) is 5.11 Å². The lowest BCUT2D eigenvalue weighted by Gasteiger charge is -2.04. The summed E-state index contributed by atoms with van der Waals surface area (Å²) in [5.74, 6) is 5.11. The Kier molecular flexibility index (Phi) is 6.52. The number of aliphatic hydroxyl groups is 1. The summed E-state index contributed by atoms with van der Waals surface area (Å²) in [5.41, 5.74) is 1.13. The van der Waals surface area contributed by atoms with Crippen molar-refractivity contribution in [2.45, 2.75) is 26.2 Å². The number of pyridine rings is 1. The van der Waals surface area contributed by atoms with E-state index in [0.29, 0.717) is 17.7 Å². The Hall–Kier alpha value is -1.86. The number of rotatable bonds is 5. The second-order valence-electron chi connectivity index (χ2n) is 3.89. The second-order valence-corrected chi connectivity index (χ2v) is 3.89. The molecule has 0 aliphatic rings. The van der Waals surface area contributed by atoms with Gasteiger partial charge in [-0.2, -0.15) is 0 Å². The van der Waals surface area contributed by atoms with Crippen LogP contribution in [0.1, 0.15) is 42.1 Å². The molecule has 0 aromatic carbocycles. The second kappa shape index (κ2) is 8.26. The van der Waals surface area contributed by atoms with E-state index in [1.165, 1.54) is 6.20 Å². The Balaban J connectivity index is 2.57. The van der Waals surface area contributed by atoms with Gasteiger partial charge in [-0.05, 0) is 12.5 Å². The van der Waals surface area contributed by atoms with Crippen LogP contribution in [-0.4, -0.2) is 29.1 Å². The Morgan fingerprint density at radius 1 is 1.44 bits per heavy atom. The molecule has 4 heteroatoms. The number of hydrogen-bond donors (Lipinski definition) is 2. The van der Waals surface area contributed by atoms with Crippen molar-refractivity contribution in [3.63, 3.8) is 0 Å². The highest BCUT2D eigenvalue weighted by Gasteiger charge is 2.05. The molecule has 0 unspecified atom stereocenters. The molecule has 0 saturated carbocycles. The van der Waals surface area contributed by atoms with Crippen molar-refractivity contribution in [2.75, 3.05) is 13.2 Å². The molecule has 96 valence electrons. The van der Waals surface area contributed by atoms with E-state index in [9.17, 15) is 4.79 Å². The molecule has 0 fully saturated rings. The number of amides is 1. The summed E-state index contributed by atoms with van der Waals surface area (Å²) in [5, 5.41) is 11.4. The van der Waals surface area contributed by atoms with Crippen LogP contribution in [0, 0.1) is 11.8 Å². The zero-order chi connectivity index (χ0) is 13.2. The van der Waals surface area contributed by atoms with Crippen molar-refractivity contribution in [2.24, 2.45) is 0 Å². The molecule has 0 aliphatic heterocycles. The summed E-state index contributed by atoms with van der Waals surface area (Å²) in [6.45, 7) is 2.60. The predicted molar refractivity (Wildman–Crippen MR) is 70.1 cm³/mol. The van der Waals surface area contributed by atoms with Crippen LogP contribution in [0.5, 0.6) is 0 Å². The van der Waals surface area contributed by atoms with Crippen molar-refractivity contribution >= 4 is 5.91 Å². The molecule has 0 atom stereocenters. The fourth-order valence-electron chi connectivity index (χ4n) is 1.45. The van der Waals surface area contributed by atoms with Crippen molar-refractivity contribution in [3.8, 4) is 11.8 Å². The van der Waals surface area contributed by atoms with Gasteiger partial charge in [-0.25, -0.2) is 0 Å². The maximum Gasteiger partial charge on any atom is 0.252 e. The summed E-state index contributed by atoms with van der Waals surface area (Å²) in [6.07, 6.45) is 6.31. The maximum absolute atomic E-state index is 11.8. The number of carbonyl (C=O) groups is 1. The third-order valence-corrected chi connectivity index (χ3v) is 2.38. The summed E-state index contributed by atoms with van der Waals surface area (Å²) < 4.78 is 0. The molecule has 0 saturated heterocycles. The van der Waals surface area contributed by atoms with Gasteiger partial charge in [0.1, 0.15) is 6.61 Å². The minimum atomic E-state index is -0.201. The van der Waals surface area contributed by atoms with Crippen LogP contribution in [0.4, 0.5) is 0 Å². The molecule has 1 aromatic rings. The van der Waals surface area contributed by atoms with Gasteiger partial charge in [0.05, 0.1) is 5.56 Å². The molecular formula is C14H18N2O2. The van der Waals surface area contributed by atoms with Gasteiger partial charge in [-0.1, -0.05) is 31.6 Å². The highest BCUT2D eigenvalue weighted by atomic mass is 16.2. The van der Waals surface area contributed by atoms with Gasteiger partial charge < -0.3 is 10.4 Å². The molecule has 1 rings (SSSR count). The van der Waals surface area contributed by atoms with E-state index in [1.807, 2.05) is 0 Å². The minimum Gasteiger partial charge on any atom is -0.384 e. The molecule has 0 radical (unpaired) electrons. The molecule has 0 spiro atoms. The summed E-state index contributed by atoms with van der Waals surface area (Å²) in [4.78, 5) is 15.7. The highest BCUT2D eigenvalue weighted by Crippen LogP contribution is 2.01. The lowest BCUT2D eigenvalue weighted by molar-refractivity contribution is 0.0952. The predicted octanol–water partition coefficient (Wildman–Crippen LogP) is 1.35. The molecule has 18 heavy (non-hydrogen) atoms. The number of nitrogens with zero attached hydrogens (tertiary/aromatic N) is 1. The van der Waals surface area contributed by atoms with Gasteiger partial charge in [-0.3, -0.25) is 9.78 Å². The van der Waals surface area contributed by atoms with Crippen molar-refractivity contribution in [3.05, 3.63) is 29.6 Å². The summed E-state index contributed by atoms with van der Waals surface area (Å²) in [6, 6.07) is 1.67. The third-order valence-electron chi connectivity index (χ3n) is 2.38. The third kappa shape index (κ3) is 4.98. The Morgan fingerprint density at radius 3 is 3.00 bits per heavy atom. The van der Waals surface area contributed by atoms with E-state index in [2.05, 4.69) is 29.1 Å². The van der Waals surface area contributed by atoms with Crippen LogP contribution in [0.15, 0.2) is 18.5 Å². The van der Waals surface area contributed by atoms with Crippen molar-refractivity contribution in [1.82, 2.24) is 10.3 Å². The maximum atomic E-state index is 11.8. The van der Waals surface area contributed by atoms with Crippen LogP contribution < -0.4 is 5.32 Å². The lowest BCUT2D eigenvalue weighted by Crippen LogP contribution is -2.24. The molecule has 1 amide bonds. The van der Waals surface area contributed by atoms with Gasteiger partial charge in [-0.15, -0.1) is 0 Å². The smallest absolute Gasteiger partial charge is 0.252 e. The van der Waals surface area contributed by atoms with E-state index in [0.717, 1.165) is 19.3 Å². The summed E-state index contributed by atoms with van der Waals surface area (Å²) in [7, 11) is 0. The molecule has 1 heterocycles. The molecule has 1 aromatic heterocycles. The van der Waals surface area contributed by atoms with Crippen LogP contribution in [0.25, 0.3) is 0 Å².